The van der Waals surface area contributed by atoms with Gasteiger partial charge in [-0.25, -0.2) is 4.98 Å². The lowest BCUT2D eigenvalue weighted by atomic mass is 10.0. The van der Waals surface area contributed by atoms with Crippen molar-refractivity contribution in [3.63, 3.8) is 0 Å². The molecule has 1 aromatic carbocycles. The van der Waals surface area contributed by atoms with Gasteiger partial charge in [-0.05, 0) is 12.5 Å². The Hall–Kier alpha value is -2.21. The fraction of sp³-hybridized carbons (Fsp3) is 0.267. The highest BCUT2D eigenvalue weighted by molar-refractivity contribution is 7.13. The molecule has 110 valence electrons. The largest absolute Gasteiger partial charge is 0.349 e. The van der Waals surface area contributed by atoms with Crippen LogP contribution in [0.5, 0.6) is 0 Å². The summed E-state index contributed by atoms with van der Waals surface area (Å²) in [5.41, 5.74) is 1.77. The van der Waals surface area contributed by atoms with E-state index in [0.29, 0.717) is 5.13 Å². The van der Waals surface area contributed by atoms with Crippen molar-refractivity contribution in [3.05, 3.63) is 47.0 Å². The molecule has 0 spiro atoms. The van der Waals surface area contributed by atoms with Crippen LogP contribution in [-0.2, 0) is 9.59 Å². The summed E-state index contributed by atoms with van der Waals surface area (Å²) in [5, 5.41) is 8.00. The minimum atomic E-state index is -0.343. The smallest absolute Gasteiger partial charge is 0.228 e. The van der Waals surface area contributed by atoms with E-state index in [9.17, 15) is 9.59 Å². The van der Waals surface area contributed by atoms with Gasteiger partial charge in [0, 0.05) is 12.3 Å². The lowest BCUT2D eigenvalue weighted by Crippen LogP contribution is -2.29. The maximum atomic E-state index is 12.1. The summed E-state index contributed by atoms with van der Waals surface area (Å²) >= 11 is 1.38. The number of aromatic nitrogens is 1. The van der Waals surface area contributed by atoms with Crippen LogP contribution in [0, 0.1) is 6.92 Å². The summed E-state index contributed by atoms with van der Waals surface area (Å²) in [4.78, 5) is 27.6. The predicted molar refractivity (Wildman–Crippen MR) is 83.1 cm³/mol. The van der Waals surface area contributed by atoms with Gasteiger partial charge in [-0.3, -0.25) is 9.59 Å². The molecule has 21 heavy (non-hydrogen) atoms. The number of rotatable bonds is 5. The van der Waals surface area contributed by atoms with Crippen molar-refractivity contribution in [2.45, 2.75) is 26.3 Å². The molecule has 2 N–H and O–H groups in total. The second-order valence-corrected chi connectivity index (χ2v) is 5.57. The number of aryl methyl sites for hydroxylation is 1. The number of carbonyl (C=O) groups is 2. The maximum Gasteiger partial charge on any atom is 0.228 e. The van der Waals surface area contributed by atoms with Crippen molar-refractivity contribution in [3.8, 4) is 0 Å². The van der Waals surface area contributed by atoms with Gasteiger partial charge in [0.1, 0.15) is 0 Å². The van der Waals surface area contributed by atoms with Crippen molar-refractivity contribution >= 4 is 28.3 Å². The van der Waals surface area contributed by atoms with Gasteiger partial charge in [-0.15, -0.1) is 11.3 Å². The molecule has 1 aromatic heterocycles. The maximum absolute atomic E-state index is 12.1. The zero-order valence-electron chi connectivity index (χ0n) is 11.9. The average molecular weight is 303 g/mol. The molecule has 6 heteroatoms. The average Bonchev–Trinajstić information content (AvgIpc) is 2.83. The minimum Gasteiger partial charge on any atom is -0.349 e. The van der Waals surface area contributed by atoms with Crippen molar-refractivity contribution in [2.24, 2.45) is 0 Å². The van der Waals surface area contributed by atoms with Crippen LogP contribution in [0.4, 0.5) is 5.13 Å². The number of nitrogens with one attached hydrogen (secondary N) is 2. The minimum absolute atomic E-state index is 0.165. The number of benzene rings is 1. The van der Waals surface area contributed by atoms with Crippen LogP contribution >= 0.6 is 11.3 Å². The molecule has 1 heterocycles. The van der Waals surface area contributed by atoms with Gasteiger partial charge in [0.2, 0.25) is 11.8 Å². The van der Waals surface area contributed by atoms with Crippen molar-refractivity contribution in [1.82, 2.24) is 10.3 Å². The number of amides is 2. The number of anilines is 1. The molecule has 0 aliphatic carbocycles. The van der Waals surface area contributed by atoms with Crippen molar-refractivity contribution in [2.75, 3.05) is 5.32 Å². The first-order chi connectivity index (χ1) is 10.0. The Balaban J connectivity index is 2.04. The molecular formula is C15H17N3O2S. The molecule has 0 aliphatic heterocycles. The molecule has 0 unspecified atom stereocenters. The Bertz CT molecular complexity index is 625. The Morgan fingerprint density at radius 2 is 2.00 bits per heavy atom. The van der Waals surface area contributed by atoms with E-state index >= 15 is 0 Å². The molecule has 0 radical (unpaired) electrons. The molecule has 2 amide bonds. The van der Waals surface area contributed by atoms with Crippen molar-refractivity contribution < 1.29 is 9.59 Å². The second-order valence-electron chi connectivity index (χ2n) is 4.71. The van der Waals surface area contributed by atoms with E-state index in [-0.39, 0.29) is 24.3 Å². The van der Waals surface area contributed by atoms with E-state index in [2.05, 4.69) is 15.6 Å². The van der Waals surface area contributed by atoms with E-state index in [1.165, 1.54) is 18.3 Å². The standard InChI is InChI=1S/C15H17N3O2S/c1-10-9-21-15(16-10)18-14(20)8-13(17-11(2)19)12-6-4-3-5-7-12/h3-7,9,13H,8H2,1-2H3,(H,17,19)(H,16,18,20)/t13-/m0/s1. The number of thiazole rings is 1. The molecule has 0 aliphatic rings. The van der Waals surface area contributed by atoms with E-state index in [1.807, 2.05) is 42.6 Å². The molecule has 0 saturated heterocycles. The van der Waals surface area contributed by atoms with E-state index in [1.54, 1.807) is 0 Å². The SMILES string of the molecule is CC(=O)N[C@@H](CC(=O)Nc1nc(C)cs1)c1ccccc1. The Labute approximate surface area is 127 Å². The van der Waals surface area contributed by atoms with Gasteiger partial charge in [-0.1, -0.05) is 30.3 Å². The summed E-state index contributed by atoms with van der Waals surface area (Å²) < 4.78 is 0. The molecule has 1 atom stereocenters. The zero-order chi connectivity index (χ0) is 15.2. The van der Waals surface area contributed by atoms with Gasteiger partial charge in [0.25, 0.3) is 0 Å². The number of carbonyl (C=O) groups excluding carboxylic acids is 2. The van der Waals surface area contributed by atoms with E-state index < -0.39 is 0 Å². The zero-order valence-corrected chi connectivity index (χ0v) is 12.7. The third-order valence-corrected chi connectivity index (χ3v) is 3.71. The van der Waals surface area contributed by atoms with Crippen LogP contribution in [0.25, 0.3) is 0 Å². The normalized spacial score (nSPS) is 11.7. The molecule has 2 aromatic rings. The monoisotopic (exact) mass is 303 g/mol. The van der Waals surface area contributed by atoms with Gasteiger partial charge in [-0.2, -0.15) is 0 Å². The first-order valence-corrected chi connectivity index (χ1v) is 7.46. The lowest BCUT2D eigenvalue weighted by Gasteiger charge is -2.17. The number of hydrogen-bond acceptors (Lipinski definition) is 4. The van der Waals surface area contributed by atoms with Crippen LogP contribution in [0.2, 0.25) is 0 Å². The molecule has 2 rings (SSSR count). The number of nitrogens with zero attached hydrogens (tertiary/aromatic N) is 1. The first kappa shape index (κ1) is 15.2. The van der Waals surface area contributed by atoms with Gasteiger partial charge in [0.15, 0.2) is 5.13 Å². The topological polar surface area (TPSA) is 71.1 Å². The summed E-state index contributed by atoms with van der Waals surface area (Å²) in [6, 6.07) is 9.10. The van der Waals surface area contributed by atoms with Crippen LogP contribution in [0.1, 0.15) is 30.6 Å². The Kier molecular flexibility index (Phi) is 5.05. The molecule has 0 saturated carbocycles. The van der Waals surface area contributed by atoms with E-state index in [0.717, 1.165) is 11.3 Å². The molecule has 0 bridgehead atoms. The van der Waals surface area contributed by atoms with Crippen LogP contribution in [0.15, 0.2) is 35.7 Å². The summed E-state index contributed by atoms with van der Waals surface area (Å²) in [6.45, 7) is 3.31. The highest BCUT2D eigenvalue weighted by Gasteiger charge is 2.17. The second kappa shape index (κ2) is 6.99. The lowest BCUT2D eigenvalue weighted by molar-refractivity contribution is -0.120. The summed E-state index contributed by atoms with van der Waals surface area (Å²) in [6.07, 6.45) is 0.169. The first-order valence-electron chi connectivity index (χ1n) is 6.58. The Morgan fingerprint density at radius 1 is 1.29 bits per heavy atom. The van der Waals surface area contributed by atoms with Gasteiger partial charge in [0.05, 0.1) is 18.2 Å². The fourth-order valence-electron chi connectivity index (χ4n) is 1.95. The molecule has 0 fully saturated rings. The number of hydrogen-bond donors (Lipinski definition) is 2. The van der Waals surface area contributed by atoms with Gasteiger partial charge >= 0.3 is 0 Å². The third-order valence-electron chi connectivity index (χ3n) is 2.83. The van der Waals surface area contributed by atoms with E-state index in [4.69, 9.17) is 0 Å². The quantitative estimate of drug-likeness (QED) is 0.892. The van der Waals surface area contributed by atoms with Crippen LogP contribution in [-0.4, -0.2) is 16.8 Å². The van der Waals surface area contributed by atoms with Crippen LogP contribution < -0.4 is 10.6 Å². The summed E-state index contributed by atoms with van der Waals surface area (Å²) in [5.74, 6) is -0.339. The highest BCUT2D eigenvalue weighted by atomic mass is 32.1. The Morgan fingerprint density at radius 3 is 2.57 bits per heavy atom. The fourth-order valence-corrected chi connectivity index (χ4v) is 2.65. The summed E-state index contributed by atoms with van der Waals surface area (Å²) in [7, 11) is 0. The molecule has 5 nitrogen and oxygen atoms in total. The van der Waals surface area contributed by atoms with Gasteiger partial charge < -0.3 is 10.6 Å². The third kappa shape index (κ3) is 4.68. The van der Waals surface area contributed by atoms with Crippen molar-refractivity contribution in [1.29, 1.82) is 0 Å². The highest BCUT2D eigenvalue weighted by Crippen LogP contribution is 2.19. The molecular weight excluding hydrogens is 286 g/mol. The predicted octanol–water partition coefficient (Wildman–Crippen LogP) is 2.66. The van der Waals surface area contributed by atoms with Crippen LogP contribution in [0.3, 0.4) is 0 Å².